The maximum absolute atomic E-state index is 13.6. The predicted octanol–water partition coefficient (Wildman–Crippen LogP) is 6.38. The largest absolute Gasteiger partial charge is 0.493 e. The Morgan fingerprint density at radius 2 is 1.81 bits per heavy atom. The van der Waals surface area contributed by atoms with Gasteiger partial charge in [0.1, 0.15) is 11.4 Å². The summed E-state index contributed by atoms with van der Waals surface area (Å²) < 4.78 is 15.8. The molecule has 8 nitrogen and oxygen atoms in total. The Kier molecular flexibility index (Phi) is 10.2. The van der Waals surface area contributed by atoms with Crippen LogP contribution in [-0.2, 0) is 36.7 Å². The maximum Gasteiger partial charge on any atom is 0.355 e. The highest BCUT2D eigenvalue weighted by atomic mass is 79.9. The molecule has 5 aromatic rings. The van der Waals surface area contributed by atoms with Crippen molar-refractivity contribution < 1.29 is 19.4 Å². The first-order valence-electron chi connectivity index (χ1n) is 14.8. The topological polar surface area (TPSA) is 90.5 Å². The average molecular weight is 648 g/mol. The van der Waals surface area contributed by atoms with Crippen molar-refractivity contribution in [3.63, 3.8) is 0 Å². The molecule has 0 unspecified atom stereocenters. The van der Waals surface area contributed by atoms with Crippen molar-refractivity contribution in [1.29, 1.82) is 0 Å². The van der Waals surface area contributed by atoms with Gasteiger partial charge in [-0.15, -0.1) is 0 Å². The van der Waals surface area contributed by atoms with Crippen LogP contribution in [0.3, 0.4) is 0 Å². The zero-order valence-electron chi connectivity index (χ0n) is 25.0. The molecule has 43 heavy (non-hydrogen) atoms. The molecule has 2 heterocycles. The summed E-state index contributed by atoms with van der Waals surface area (Å²) in [5.74, 6) is 0.532. The molecule has 0 fully saturated rings. The van der Waals surface area contributed by atoms with Crippen molar-refractivity contribution in [2.75, 3.05) is 26.8 Å². The van der Waals surface area contributed by atoms with Crippen LogP contribution in [0.15, 0.2) is 60.7 Å². The molecule has 5 rings (SSSR count). The fraction of sp³-hybridized carbons (Fsp3) is 0.353. The Bertz CT molecular complexity index is 1720. The number of halogens is 1. The molecule has 0 saturated carbocycles. The molecule has 0 radical (unpaired) electrons. The van der Waals surface area contributed by atoms with E-state index in [0.29, 0.717) is 42.9 Å². The van der Waals surface area contributed by atoms with Gasteiger partial charge in [0, 0.05) is 40.8 Å². The summed E-state index contributed by atoms with van der Waals surface area (Å²) in [6.07, 6.45) is 2.19. The van der Waals surface area contributed by atoms with Gasteiger partial charge in [-0.2, -0.15) is 5.10 Å². The van der Waals surface area contributed by atoms with E-state index in [1.54, 1.807) is 4.68 Å². The number of para-hydroxylation sites is 1. The number of benzene rings is 3. The first kappa shape index (κ1) is 30.8. The maximum atomic E-state index is 13.6. The van der Waals surface area contributed by atoms with Crippen LogP contribution in [0.5, 0.6) is 5.75 Å². The number of rotatable bonds is 14. The van der Waals surface area contributed by atoms with Crippen molar-refractivity contribution >= 4 is 43.6 Å². The van der Waals surface area contributed by atoms with Gasteiger partial charge in [0.15, 0.2) is 0 Å². The molecule has 226 valence electrons. The predicted molar refractivity (Wildman–Crippen MR) is 175 cm³/mol. The number of aromatic nitrogens is 3. The molecule has 2 aromatic heterocycles. The molecule has 0 atom stereocenters. The number of hydrogen-bond acceptors (Lipinski definition) is 6. The van der Waals surface area contributed by atoms with E-state index in [2.05, 4.69) is 61.2 Å². The van der Waals surface area contributed by atoms with Gasteiger partial charge in [-0.25, -0.2) is 4.79 Å². The van der Waals surface area contributed by atoms with Crippen molar-refractivity contribution in [3.05, 3.63) is 83.3 Å². The molecule has 0 amide bonds. The smallest absolute Gasteiger partial charge is 0.355 e. The Balaban J connectivity index is 1.59. The average Bonchev–Trinajstić information content (AvgIpc) is 3.53. The first-order valence-corrected chi connectivity index (χ1v) is 15.9. The lowest BCUT2D eigenvalue weighted by Gasteiger charge is -2.14. The molecule has 9 heteroatoms. The Morgan fingerprint density at radius 3 is 2.58 bits per heavy atom. The number of aliphatic hydroxyl groups excluding tert-OH is 1. The second kappa shape index (κ2) is 14.2. The Hall–Kier alpha value is -3.66. The van der Waals surface area contributed by atoms with Crippen molar-refractivity contribution in [2.45, 2.75) is 44.7 Å². The number of aliphatic hydroxyl groups is 1. The summed E-state index contributed by atoms with van der Waals surface area (Å²) in [5.41, 5.74) is 5.89. The van der Waals surface area contributed by atoms with E-state index in [0.717, 1.165) is 69.2 Å². The number of esters is 1. The van der Waals surface area contributed by atoms with Gasteiger partial charge < -0.3 is 24.5 Å². The summed E-state index contributed by atoms with van der Waals surface area (Å²) in [4.78, 5) is 13.6. The quantitative estimate of drug-likeness (QED) is 0.0827. The van der Waals surface area contributed by atoms with Gasteiger partial charge in [-0.3, -0.25) is 4.68 Å². The van der Waals surface area contributed by atoms with Gasteiger partial charge in [0.2, 0.25) is 0 Å². The number of nitrogens with zero attached hydrogens (tertiary/aromatic N) is 3. The summed E-state index contributed by atoms with van der Waals surface area (Å²) in [5, 5.41) is 21.9. The van der Waals surface area contributed by atoms with Crippen molar-refractivity contribution in [2.24, 2.45) is 7.05 Å². The standard InChI is InChI=1S/C34H39BrN4O4/c1-4-42-34(41)33-26(16-9-20-43-30-17-7-12-23-11-5-6-13-24(23)30)25-14-8-15-27(32(25)39(33)19-10-18-36-2)31-28(22-40)37-38(3)29(31)21-35/h5-8,11-15,17,36,40H,4,9-10,16,18-22H2,1-3H3. The van der Waals surface area contributed by atoms with Crippen LogP contribution in [-0.4, -0.2) is 52.2 Å². The fourth-order valence-electron chi connectivity index (χ4n) is 5.95. The number of carbonyl (C=O) groups excluding carboxylic acids is 1. The fourth-order valence-corrected chi connectivity index (χ4v) is 6.60. The lowest BCUT2D eigenvalue weighted by Crippen LogP contribution is -2.17. The van der Waals surface area contributed by atoms with E-state index in [9.17, 15) is 9.90 Å². The molecule has 0 spiro atoms. The summed E-state index contributed by atoms with van der Waals surface area (Å²) >= 11 is 3.63. The van der Waals surface area contributed by atoms with Gasteiger partial charge >= 0.3 is 5.97 Å². The number of fused-ring (bicyclic) bond motifs is 2. The van der Waals surface area contributed by atoms with E-state index in [4.69, 9.17) is 9.47 Å². The Morgan fingerprint density at radius 1 is 1.05 bits per heavy atom. The minimum absolute atomic E-state index is 0.184. The van der Waals surface area contributed by atoms with Crippen molar-refractivity contribution in [1.82, 2.24) is 19.7 Å². The van der Waals surface area contributed by atoms with Crippen LogP contribution >= 0.6 is 15.9 Å². The van der Waals surface area contributed by atoms with Crippen LogP contribution in [0.1, 0.15) is 47.2 Å². The highest BCUT2D eigenvalue weighted by Gasteiger charge is 2.27. The van der Waals surface area contributed by atoms with Gasteiger partial charge in [-0.05, 0) is 56.8 Å². The molecule has 0 saturated heterocycles. The van der Waals surface area contributed by atoms with Crippen molar-refractivity contribution in [3.8, 4) is 16.9 Å². The monoisotopic (exact) mass is 646 g/mol. The molecular formula is C34H39BrN4O4. The molecule has 0 bridgehead atoms. The van der Waals surface area contributed by atoms with Gasteiger partial charge in [0.05, 0.1) is 36.7 Å². The van der Waals surface area contributed by atoms with Crippen LogP contribution in [0.4, 0.5) is 0 Å². The number of hydrogen-bond donors (Lipinski definition) is 2. The van der Waals surface area contributed by atoms with Crippen LogP contribution < -0.4 is 10.1 Å². The lowest BCUT2D eigenvalue weighted by atomic mass is 9.98. The number of carbonyl (C=O) groups is 1. The van der Waals surface area contributed by atoms with E-state index in [1.165, 1.54) is 0 Å². The molecular weight excluding hydrogens is 608 g/mol. The van der Waals surface area contributed by atoms with Crippen LogP contribution in [0, 0.1) is 0 Å². The van der Waals surface area contributed by atoms with Crippen LogP contribution in [0.2, 0.25) is 0 Å². The number of ether oxygens (including phenoxy) is 2. The van der Waals surface area contributed by atoms with E-state index >= 15 is 0 Å². The van der Waals surface area contributed by atoms with Gasteiger partial charge in [0.25, 0.3) is 0 Å². The highest BCUT2D eigenvalue weighted by Crippen LogP contribution is 2.39. The normalized spacial score (nSPS) is 11.5. The second-order valence-corrected chi connectivity index (χ2v) is 11.0. The summed E-state index contributed by atoms with van der Waals surface area (Å²) in [7, 11) is 3.81. The molecule has 0 aliphatic carbocycles. The number of aryl methyl sites for hydroxylation is 3. The number of nitrogens with one attached hydrogen (secondary N) is 1. The van der Waals surface area contributed by atoms with E-state index in [1.807, 2.05) is 51.4 Å². The second-order valence-electron chi connectivity index (χ2n) is 10.5. The Labute approximate surface area is 260 Å². The molecule has 2 N–H and O–H groups in total. The minimum Gasteiger partial charge on any atom is -0.493 e. The minimum atomic E-state index is -0.326. The van der Waals surface area contributed by atoms with E-state index in [-0.39, 0.29) is 12.6 Å². The third kappa shape index (κ3) is 6.20. The van der Waals surface area contributed by atoms with Gasteiger partial charge in [-0.1, -0.05) is 70.5 Å². The zero-order chi connectivity index (χ0) is 30.3. The first-order chi connectivity index (χ1) is 21.0. The zero-order valence-corrected chi connectivity index (χ0v) is 26.6. The van der Waals surface area contributed by atoms with E-state index < -0.39 is 0 Å². The molecule has 3 aromatic carbocycles. The number of alkyl halides is 1. The summed E-state index contributed by atoms with van der Waals surface area (Å²) in [6, 6.07) is 20.5. The SMILES string of the molecule is CCOC(=O)c1c(CCCOc2cccc3ccccc23)c2cccc(-c3c(CO)nn(C)c3CBr)c2n1CCCNC. The lowest BCUT2D eigenvalue weighted by molar-refractivity contribution is 0.0512. The van der Waals surface area contributed by atoms with Crippen LogP contribution in [0.25, 0.3) is 32.8 Å². The third-order valence-corrected chi connectivity index (χ3v) is 8.36. The summed E-state index contributed by atoms with van der Waals surface area (Å²) in [6.45, 7) is 3.88. The highest BCUT2D eigenvalue weighted by molar-refractivity contribution is 9.08. The molecule has 0 aliphatic rings. The molecule has 0 aliphatic heterocycles. The third-order valence-electron chi connectivity index (χ3n) is 7.83.